The molecule has 2 rings (SSSR count). The highest BCUT2D eigenvalue weighted by atomic mass is 19.1. The molecular weight excluding hydrogens is 505 g/mol. The predicted molar refractivity (Wildman–Crippen MR) is 132 cm³/mol. The van der Waals surface area contributed by atoms with E-state index < -0.39 is 52.1 Å². The molecule has 0 radical (unpaired) electrons. The van der Waals surface area contributed by atoms with Crippen molar-refractivity contribution in [1.82, 2.24) is 10.6 Å². The van der Waals surface area contributed by atoms with Crippen molar-refractivity contribution in [3.63, 3.8) is 0 Å². The molecule has 0 heterocycles. The quantitative estimate of drug-likeness (QED) is 0.235. The zero-order valence-corrected chi connectivity index (χ0v) is 21.6. The number of carbonyl (C=O) groups is 3. The molecule has 2 atom stereocenters. The van der Waals surface area contributed by atoms with Crippen LogP contribution in [0.3, 0.4) is 0 Å². The molecule has 0 saturated carbocycles. The van der Waals surface area contributed by atoms with Crippen LogP contribution in [0.1, 0.15) is 31.9 Å². The first kappa shape index (κ1) is 29.8. The van der Waals surface area contributed by atoms with Crippen LogP contribution < -0.4 is 15.4 Å². The molecule has 0 bridgehead atoms. The number of ether oxygens (including phenoxy) is 3. The zero-order valence-electron chi connectivity index (χ0n) is 21.6. The molecule has 0 aliphatic heterocycles. The fraction of sp³-hybridized carbons (Fsp3) is 0.400. The number of aromatic hydroxyl groups is 1. The fourth-order valence-electron chi connectivity index (χ4n) is 3.43. The van der Waals surface area contributed by atoms with E-state index in [-0.39, 0.29) is 29.9 Å². The van der Waals surface area contributed by atoms with Gasteiger partial charge in [-0.2, -0.15) is 4.39 Å². The third-order valence-corrected chi connectivity index (χ3v) is 5.14. The number of hydrogen-bond donors (Lipinski definition) is 3. The number of nitro groups is 1. The van der Waals surface area contributed by atoms with E-state index in [9.17, 15) is 34.0 Å². The minimum Gasteiger partial charge on any atom is -0.504 e. The lowest BCUT2D eigenvalue weighted by atomic mass is 10.0. The molecule has 0 saturated heterocycles. The summed E-state index contributed by atoms with van der Waals surface area (Å²) in [5, 5.41) is 26.1. The average Bonchev–Trinajstić information content (AvgIpc) is 2.82. The van der Waals surface area contributed by atoms with Crippen LogP contribution in [0.5, 0.6) is 11.5 Å². The highest BCUT2D eigenvalue weighted by Gasteiger charge is 2.30. The summed E-state index contributed by atoms with van der Waals surface area (Å²) >= 11 is 0. The lowest BCUT2D eigenvalue weighted by Gasteiger charge is -2.25. The summed E-state index contributed by atoms with van der Waals surface area (Å²) < 4.78 is 28.7. The van der Waals surface area contributed by atoms with E-state index in [2.05, 4.69) is 10.6 Å². The number of hydrogen-bond acceptors (Lipinski definition) is 9. The van der Waals surface area contributed by atoms with Crippen LogP contribution in [-0.4, -0.2) is 59.9 Å². The van der Waals surface area contributed by atoms with Crippen LogP contribution in [0.4, 0.5) is 14.9 Å². The number of nitrogens with one attached hydrogen (secondary N) is 2. The van der Waals surface area contributed by atoms with E-state index in [1.54, 1.807) is 26.8 Å². The van der Waals surface area contributed by atoms with Gasteiger partial charge < -0.3 is 30.0 Å². The first-order chi connectivity index (χ1) is 17.7. The minimum atomic E-state index is -1.33. The minimum absolute atomic E-state index is 0.113. The van der Waals surface area contributed by atoms with Gasteiger partial charge in [-0.1, -0.05) is 12.1 Å². The molecule has 0 aliphatic rings. The topological polar surface area (TPSA) is 166 Å². The fourth-order valence-corrected chi connectivity index (χ4v) is 3.43. The van der Waals surface area contributed by atoms with Crippen LogP contribution in [0.25, 0.3) is 0 Å². The number of halogens is 1. The van der Waals surface area contributed by atoms with Gasteiger partial charge >= 0.3 is 17.7 Å². The molecule has 0 aromatic heterocycles. The van der Waals surface area contributed by atoms with Gasteiger partial charge in [0.05, 0.1) is 19.1 Å². The van der Waals surface area contributed by atoms with E-state index in [1.165, 1.54) is 25.3 Å². The van der Waals surface area contributed by atoms with Gasteiger partial charge in [0.2, 0.25) is 11.7 Å². The number of phenols is 1. The summed E-state index contributed by atoms with van der Waals surface area (Å²) in [7, 11) is 2.46. The highest BCUT2D eigenvalue weighted by Crippen LogP contribution is 2.27. The number of carbonyl (C=O) groups excluding carboxylic acids is 3. The maximum absolute atomic E-state index is 13.7. The summed E-state index contributed by atoms with van der Waals surface area (Å²) in [6.07, 6.45) is -1.28. The first-order valence-corrected chi connectivity index (χ1v) is 11.4. The Morgan fingerprint density at radius 3 is 2.18 bits per heavy atom. The number of benzene rings is 2. The number of nitro benzene ring substituents is 1. The molecule has 2 aromatic carbocycles. The van der Waals surface area contributed by atoms with Crippen LogP contribution in [0, 0.1) is 15.9 Å². The van der Waals surface area contributed by atoms with Crippen molar-refractivity contribution < 1.29 is 43.0 Å². The Bertz CT molecular complexity index is 1200. The Labute approximate surface area is 218 Å². The summed E-state index contributed by atoms with van der Waals surface area (Å²) in [6, 6.07) is 4.88. The third kappa shape index (κ3) is 8.61. The van der Waals surface area contributed by atoms with E-state index in [0.29, 0.717) is 5.56 Å². The van der Waals surface area contributed by atoms with Gasteiger partial charge in [0.15, 0.2) is 11.5 Å². The Kier molecular flexibility index (Phi) is 9.96. The van der Waals surface area contributed by atoms with E-state index in [0.717, 1.165) is 19.2 Å². The lowest BCUT2D eigenvalue weighted by Crippen LogP contribution is -2.53. The molecule has 0 unspecified atom stereocenters. The molecule has 0 spiro atoms. The van der Waals surface area contributed by atoms with Gasteiger partial charge in [-0.3, -0.25) is 14.9 Å². The molecule has 0 fully saturated rings. The van der Waals surface area contributed by atoms with E-state index in [4.69, 9.17) is 14.2 Å². The molecule has 13 heteroatoms. The van der Waals surface area contributed by atoms with Crippen molar-refractivity contribution >= 4 is 23.7 Å². The van der Waals surface area contributed by atoms with Gasteiger partial charge in [0.1, 0.15) is 17.7 Å². The second-order valence-electron chi connectivity index (χ2n) is 9.24. The number of nitrogens with zero attached hydrogens (tertiary/aromatic N) is 1. The number of amides is 2. The second kappa shape index (κ2) is 12.7. The van der Waals surface area contributed by atoms with Crippen molar-refractivity contribution in [2.45, 2.75) is 51.3 Å². The van der Waals surface area contributed by atoms with Crippen LogP contribution in [0.15, 0.2) is 36.4 Å². The SMILES string of the molecule is COC(=O)[C@@H](Cc1ccc(F)c([N+](=O)[O-])c1)NC(=O)[C@@H](Cc1ccc(OC)c(O)c1)NC(=O)OC(C)(C)C. The van der Waals surface area contributed by atoms with Gasteiger partial charge in [-0.05, 0) is 50.1 Å². The largest absolute Gasteiger partial charge is 0.504 e. The number of methoxy groups -OCH3 is 2. The standard InChI is InChI=1S/C25H30FN3O9/c1-25(2,3)38-24(33)28-17(10-15-7-9-21(36-4)20(30)13-15)22(31)27-18(23(32)37-5)11-14-6-8-16(26)19(12-14)29(34)35/h6-9,12-13,17-18,30H,10-11H2,1-5H3,(H,27,31)(H,28,33)/t17-,18-/m1/s1. The van der Waals surface area contributed by atoms with Crippen molar-refractivity contribution in [1.29, 1.82) is 0 Å². The molecule has 12 nitrogen and oxygen atoms in total. The molecule has 2 aromatic rings. The zero-order chi connectivity index (χ0) is 28.6. The summed E-state index contributed by atoms with van der Waals surface area (Å²) in [6.45, 7) is 4.91. The smallest absolute Gasteiger partial charge is 0.408 e. The average molecular weight is 536 g/mol. The maximum atomic E-state index is 13.7. The van der Waals surface area contributed by atoms with Gasteiger partial charge in [-0.15, -0.1) is 0 Å². The molecule has 2 amide bonds. The van der Waals surface area contributed by atoms with Crippen molar-refractivity contribution in [2.75, 3.05) is 14.2 Å². The third-order valence-electron chi connectivity index (χ3n) is 5.14. The lowest BCUT2D eigenvalue weighted by molar-refractivity contribution is -0.387. The predicted octanol–water partition coefficient (Wildman–Crippen LogP) is 2.78. The van der Waals surface area contributed by atoms with Gasteiger partial charge in [0.25, 0.3) is 0 Å². The number of rotatable bonds is 10. The van der Waals surface area contributed by atoms with Crippen LogP contribution >= 0.6 is 0 Å². The van der Waals surface area contributed by atoms with Gasteiger partial charge in [0, 0.05) is 18.9 Å². The van der Waals surface area contributed by atoms with Crippen molar-refractivity contribution in [2.24, 2.45) is 0 Å². The van der Waals surface area contributed by atoms with Crippen molar-refractivity contribution in [3.8, 4) is 11.5 Å². The Balaban J connectivity index is 2.32. The number of alkyl carbamates (subject to hydrolysis) is 1. The molecule has 0 aliphatic carbocycles. The van der Waals surface area contributed by atoms with Crippen molar-refractivity contribution in [3.05, 3.63) is 63.5 Å². The molecular formula is C25H30FN3O9. The van der Waals surface area contributed by atoms with E-state index >= 15 is 0 Å². The molecule has 206 valence electrons. The summed E-state index contributed by atoms with van der Waals surface area (Å²) in [5.41, 5.74) is -1.02. The molecule has 38 heavy (non-hydrogen) atoms. The van der Waals surface area contributed by atoms with Crippen LogP contribution in [0.2, 0.25) is 0 Å². The molecule has 3 N–H and O–H groups in total. The van der Waals surface area contributed by atoms with E-state index in [1.807, 2.05) is 0 Å². The Morgan fingerprint density at radius 2 is 1.63 bits per heavy atom. The normalized spacial score (nSPS) is 12.6. The number of phenolic OH excluding ortho intramolecular Hbond substituents is 1. The summed E-state index contributed by atoms with van der Waals surface area (Å²) in [4.78, 5) is 48.3. The van der Waals surface area contributed by atoms with Crippen LogP contribution in [-0.2, 0) is 31.9 Å². The number of esters is 1. The monoisotopic (exact) mass is 535 g/mol. The Morgan fingerprint density at radius 1 is 1.03 bits per heavy atom. The Hall–Kier alpha value is -4.42. The second-order valence-corrected chi connectivity index (χ2v) is 9.24. The maximum Gasteiger partial charge on any atom is 0.408 e. The first-order valence-electron chi connectivity index (χ1n) is 11.4. The summed E-state index contributed by atoms with van der Waals surface area (Å²) in [5.74, 6) is -2.72. The highest BCUT2D eigenvalue weighted by molar-refractivity contribution is 5.90. The van der Waals surface area contributed by atoms with Gasteiger partial charge in [-0.25, -0.2) is 9.59 Å².